The van der Waals surface area contributed by atoms with E-state index in [2.05, 4.69) is 31.5 Å². The largest absolute Gasteiger partial charge is 0.387 e. The van der Waals surface area contributed by atoms with Gasteiger partial charge in [0.15, 0.2) is 5.82 Å². The number of ether oxygens (including phenoxy) is 1. The van der Waals surface area contributed by atoms with E-state index in [9.17, 15) is 10.2 Å². The van der Waals surface area contributed by atoms with E-state index in [1.54, 1.807) is 15.8 Å². The molecule has 0 amide bonds. The molecule has 1 saturated heterocycles. The SMILES string of the molecule is C=C1NC(N)[N+](C)=CN1C1OC(CCP(=C)(C)C)C(O)C1O. The monoisotopic (exact) mass is 331 g/mol. The molecule has 0 bridgehead atoms. The van der Waals surface area contributed by atoms with Crippen LogP contribution in [0.2, 0.25) is 0 Å². The van der Waals surface area contributed by atoms with Crippen molar-refractivity contribution in [3.05, 3.63) is 12.4 Å². The van der Waals surface area contributed by atoms with Gasteiger partial charge in [-0.25, -0.2) is 4.58 Å². The van der Waals surface area contributed by atoms with Gasteiger partial charge in [-0.3, -0.25) is 5.73 Å². The molecule has 5 unspecified atom stereocenters. The van der Waals surface area contributed by atoms with Gasteiger partial charge in [0.1, 0.15) is 12.2 Å². The Bertz CT molecular complexity index is 518. The molecule has 1 fully saturated rings. The van der Waals surface area contributed by atoms with Gasteiger partial charge >= 0.3 is 0 Å². The highest BCUT2D eigenvalue weighted by Crippen LogP contribution is 2.38. The van der Waals surface area contributed by atoms with E-state index in [4.69, 9.17) is 10.5 Å². The molecule has 126 valence electrons. The molecular formula is C14H28N4O3P+. The third-order valence-electron chi connectivity index (χ3n) is 4.00. The number of nitrogens with one attached hydrogen (secondary N) is 1. The van der Waals surface area contributed by atoms with E-state index in [0.29, 0.717) is 12.2 Å². The van der Waals surface area contributed by atoms with E-state index in [1.807, 2.05) is 7.05 Å². The summed E-state index contributed by atoms with van der Waals surface area (Å²) in [5.74, 6) is 0.535. The second-order valence-electron chi connectivity index (χ2n) is 6.72. The Morgan fingerprint density at radius 1 is 1.45 bits per heavy atom. The van der Waals surface area contributed by atoms with Crippen LogP contribution in [0, 0.1) is 0 Å². The molecular weight excluding hydrogens is 303 g/mol. The third-order valence-corrected chi connectivity index (χ3v) is 5.47. The lowest BCUT2D eigenvalue weighted by Gasteiger charge is -2.30. The van der Waals surface area contributed by atoms with Gasteiger partial charge in [0.2, 0.25) is 18.9 Å². The van der Waals surface area contributed by atoms with Crippen molar-refractivity contribution in [3.63, 3.8) is 0 Å². The highest BCUT2D eigenvalue weighted by Gasteiger charge is 2.49. The average molecular weight is 331 g/mol. The number of nitrogens with two attached hydrogens (primary N) is 1. The molecule has 5 atom stereocenters. The third kappa shape index (κ3) is 3.73. The van der Waals surface area contributed by atoms with E-state index in [1.165, 1.54) is 0 Å². The zero-order valence-corrected chi connectivity index (χ0v) is 14.4. The van der Waals surface area contributed by atoms with Crippen molar-refractivity contribution >= 4 is 19.5 Å². The minimum absolute atomic E-state index is 0.375. The summed E-state index contributed by atoms with van der Waals surface area (Å²) in [4.78, 5) is 1.67. The first-order valence-corrected chi connectivity index (χ1v) is 10.4. The summed E-state index contributed by atoms with van der Waals surface area (Å²) in [6, 6.07) is 0. The Kier molecular flexibility index (Phi) is 5.04. The summed E-state index contributed by atoms with van der Waals surface area (Å²) in [5, 5.41) is 23.6. The zero-order chi connectivity index (χ0) is 16.7. The summed E-state index contributed by atoms with van der Waals surface area (Å²) >= 11 is 0. The van der Waals surface area contributed by atoms with E-state index in [0.717, 1.165) is 6.16 Å². The van der Waals surface area contributed by atoms with Crippen LogP contribution in [-0.4, -0.2) is 89.7 Å². The number of hydrogen-bond donors (Lipinski definition) is 4. The Balaban J connectivity index is 2.10. The van der Waals surface area contributed by atoms with Crippen LogP contribution in [-0.2, 0) is 4.74 Å². The predicted molar refractivity (Wildman–Crippen MR) is 90.4 cm³/mol. The van der Waals surface area contributed by atoms with E-state index >= 15 is 0 Å². The summed E-state index contributed by atoms with van der Waals surface area (Å²) in [5.41, 5.74) is 5.85. The molecule has 2 heterocycles. The lowest BCUT2D eigenvalue weighted by molar-refractivity contribution is -0.548. The van der Waals surface area contributed by atoms with Gasteiger partial charge in [-0.1, -0.05) is 0 Å². The fraction of sp³-hybridized carbons (Fsp3) is 0.714. The maximum atomic E-state index is 10.3. The highest BCUT2D eigenvalue weighted by molar-refractivity contribution is 7.72. The van der Waals surface area contributed by atoms with Crippen molar-refractivity contribution < 1.29 is 19.5 Å². The molecule has 2 rings (SSSR count). The Morgan fingerprint density at radius 2 is 2.09 bits per heavy atom. The van der Waals surface area contributed by atoms with Crippen LogP contribution in [0.3, 0.4) is 0 Å². The number of aliphatic hydroxyl groups is 2. The number of aliphatic hydroxyl groups excluding tert-OH is 2. The maximum Gasteiger partial charge on any atom is 0.245 e. The Morgan fingerprint density at radius 3 is 2.68 bits per heavy atom. The van der Waals surface area contributed by atoms with Gasteiger partial charge in [0.05, 0.1) is 13.2 Å². The van der Waals surface area contributed by atoms with E-state index < -0.39 is 31.4 Å². The Labute approximate surface area is 132 Å². The lowest BCUT2D eigenvalue weighted by Crippen LogP contribution is -2.58. The first-order valence-electron chi connectivity index (χ1n) is 7.35. The molecule has 7 nitrogen and oxygen atoms in total. The molecule has 0 aromatic rings. The molecule has 22 heavy (non-hydrogen) atoms. The molecule has 5 N–H and O–H groups in total. The van der Waals surface area contributed by atoms with Crippen LogP contribution in [0.25, 0.3) is 0 Å². The normalized spacial score (nSPS) is 36.3. The average Bonchev–Trinajstić information content (AvgIpc) is 2.68. The van der Waals surface area contributed by atoms with Crippen LogP contribution in [0.15, 0.2) is 12.4 Å². The topological polar surface area (TPSA) is 94.0 Å². The molecule has 0 aromatic carbocycles. The van der Waals surface area contributed by atoms with Crippen molar-refractivity contribution in [1.82, 2.24) is 10.2 Å². The molecule has 0 radical (unpaired) electrons. The van der Waals surface area contributed by atoms with Crippen molar-refractivity contribution in [1.29, 1.82) is 0 Å². The van der Waals surface area contributed by atoms with Gasteiger partial charge < -0.3 is 20.3 Å². The summed E-state index contributed by atoms with van der Waals surface area (Å²) in [6.45, 7) is 6.98. The van der Waals surface area contributed by atoms with Crippen molar-refractivity contribution in [2.24, 2.45) is 5.73 Å². The fourth-order valence-corrected chi connectivity index (χ4v) is 3.53. The standard InChI is InChI=1S/C14H28N4O3P/c1-9-16-14(15)17(2)8-18(9)13-12(20)11(19)10(21-13)6-7-22(3,4)5/h8,10-14,16,19-20H,1,3,6-7,15H2,2,4-5H3/q+1. The first kappa shape index (κ1) is 17.5. The van der Waals surface area contributed by atoms with Crippen LogP contribution >= 0.6 is 6.89 Å². The molecule has 0 spiro atoms. The number of nitrogens with zero attached hydrogens (tertiary/aromatic N) is 2. The van der Waals surface area contributed by atoms with Crippen molar-refractivity contribution in [2.45, 2.75) is 37.3 Å². The maximum absolute atomic E-state index is 10.3. The predicted octanol–water partition coefficient (Wildman–Crippen LogP) is -1.18. The summed E-state index contributed by atoms with van der Waals surface area (Å²) in [6.07, 6.45) is 4.10. The first-order chi connectivity index (χ1) is 10.1. The highest BCUT2D eigenvalue weighted by atomic mass is 31.2. The number of rotatable bonds is 4. The molecule has 0 saturated carbocycles. The second-order valence-corrected chi connectivity index (χ2v) is 11.0. The molecule has 8 heteroatoms. The fourth-order valence-electron chi connectivity index (χ4n) is 2.58. The van der Waals surface area contributed by atoms with Gasteiger partial charge in [-0.2, -0.15) is 4.90 Å². The molecule has 0 aromatic heterocycles. The molecule has 2 aliphatic heterocycles. The van der Waals surface area contributed by atoms with Crippen LogP contribution in [0.4, 0.5) is 0 Å². The summed E-state index contributed by atoms with van der Waals surface area (Å²) < 4.78 is 7.64. The minimum Gasteiger partial charge on any atom is -0.387 e. The van der Waals surface area contributed by atoms with Crippen LogP contribution in [0.1, 0.15) is 6.42 Å². The van der Waals surface area contributed by atoms with E-state index in [-0.39, 0.29) is 6.29 Å². The summed E-state index contributed by atoms with van der Waals surface area (Å²) in [7, 11) is 1.81. The molecule has 2 aliphatic rings. The van der Waals surface area contributed by atoms with Crippen molar-refractivity contribution in [2.75, 3.05) is 26.5 Å². The lowest BCUT2D eigenvalue weighted by atomic mass is 10.1. The van der Waals surface area contributed by atoms with Crippen LogP contribution in [0.5, 0.6) is 0 Å². The second kappa shape index (κ2) is 6.34. The van der Waals surface area contributed by atoms with Crippen LogP contribution < -0.4 is 11.1 Å². The smallest absolute Gasteiger partial charge is 0.245 e. The van der Waals surface area contributed by atoms with Gasteiger partial charge in [-0.05, 0) is 32.5 Å². The minimum atomic E-state index is -1.20. The number of hydrogen-bond acceptors (Lipinski definition) is 6. The van der Waals surface area contributed by atoms with Gasteiger partial charge in [-0.15, -0.1) is 13.2 Å². The van der Waals surface area contributed by atoms with Crippen molar-refractivity contribution in [3.8, 4) is 0 Å². The quantitative estimate of drug-likeness (QED) is 0.383. The Hall–Kier alpha value is -0.850. The van der Waals surface area contributed by atoms with Gasteiger partial charge in [0.25, 0.3) is 0 Å². The zero-order valence-electron chi connectivity index (χ0n) is 13.5. The van der Waals surface area contributed by atoms with Gasteiger partial charge in [0, 0.05) is 0 Å². The molecule has 0 aliphatic carbocycles.